The molecular formula is C13H15N7. The fraction of sp³-hybridized carbons (Fsp3) is 0.308. The van der Waals surface area contributed by atoms with Crippen LogP contribution in [0, 0.1) is 6.92 Å². The quantitative estimate of drug-likeness (QED) is 0.777. The van der Waals surface area contributed by atoms with E-state index in [4.69, 9.17) is 0 Å². The van der Waals surface area contributed by atoms with Crippen LogP contribution < -0.4 is 5.32 Å². The fourth-order valence-electron chi connectivity index (χ4n) is 1.95. The summed E-state index contributed by atoms with van der Waals surface area (Å²) in [5.41, 5.74) is 1.62. The van der Waals surface area contributed by atoms with E-state index in [9.17, 15) is 0 Å². The molecule has 0 saturated heterocycles. The van der Waals surface area contributed by atoms with Crippen LogP contribution in [0.3, 0.4) is 0 Å². The molecule has 1 N–H and O–H groups in total. The number of fused-ring (bicyclic) bond motifs is 1. The monoisotopic (exact) mass is 269 g/mol. The van der Waals surface area contributed by atoms with Gasteiger partial charge in [-0.25, -0.2) is 19.9 Å². The van der Waals surface area contributed by atoms with Crippen molar-refractivity contribution in [1.82, 2.24) is 29.7 Å². The minimum Gasteiger partial charge on any atom is -0.369 e. The third-order valence-electron chi connectivity index (χ3n) is 2.91. The van der Waals surface area contributed by atoms with Crippen molar-refractivity contribution in [3.8, 4) is 5.82 Å². The third kappa shape index (κ3) is 2.18. The van der Waals surface area contributed by atoms with Gasteiger partial charge >= 0.3 is 0 Å². The van der Waals surface area contributed by atoms with Gasteiger partial charge in [0.1, 0.15) is 18.5 Å². The topological polar surface area (TPSA) is 81.4 Å². The highest BCUT2D eigenvalue weighted by molar-refractivity contribution is 5.86. The number of hydrogen-bond donors (Lipinski definition) is 1. The molecule has 0 amide bonds. The van der Waals surface area contributed by atoms with Crippen LogP contribution in [0.1, 0.15) is 19.0 Å². The van der Waals surface area contributed by atoms with Gasteiger partial charge in [0.15, 0.2) is 11.5 Å². The molecule has 0 aliphatic carbocycles. The lowest BCUT2D eigenvalue weighted by molar-refractivity contribution is 0.848. The number of anilines is 1. The molecule has 102 valence electrons. The number of hydrogen-bond acceptors (Lipinski definition) is 6. The van der Waals surface area contributed by atoms with E-state index >= 15 is 0 Å². The summed E-state index contributed by atoms with van der Waals surface area (Å²) < 4.78 is 1.70. The molecule has 0 aliphatic heterocycles. The Kier molecular flexibility index (Phi) is 3.24. The maximum atomic E-state index is 4.36. The number of aromatic nitrogens is 6. The second-order valence-corrected chi connectivity index (χ2v) is 4.46. The first kappa shape index (κ1) is 12.5. The van der Waals surface area contributed by atoms with Gasteiger partial charge < -0.3 is 5.32 Å². The minimum atomic E-state index is 0.702. The van der Waals surface area contributed by atoms with E-state index in [1.807, 2.05) is 13.0 Å². The largest absolute Gasteiger partial charge is 0.369 e. The molecule has 0 fully saturated rings. The second-order valence-electron chi connectivity index (χ2n) is 4.46. The normalized spacial score (nSPS) is 10.9. The molecule has 0 spiro atoms. The predicted molar refractivity (Wildman–Crippen MR) is 75.8 cm³/mol. The van der Waals surface area contributed by atoms with E-state index in [2.05, 4.69) is 37.3 Å². The summed E-state index contributed by atoms with van der Waals surface area (Å²) in [4.78, 5) is 16.9. The molecule has 0 atom stereocenters. The van der Waals surface area contributed by atoms with Crippen molar-refractivity contribution in [2.45, 2.75) is 20.3 Å². The highest BCUT2D eigenvalue weighted by Crippen LogP contribution is 2.20. The molecule has 0 bridgehead atoms. The molecule has 20 heavy (non-hydrogen) atoms. The molecular weight excluding hydrogens is 254 g/mol. The molecule has 7 heteroatoms. The van der Waals surface area contributed by atoms with Gasteiger partial charge in [0.05, 0.1) is 11.6 Å². The van der Waals surface area contributed by atoms with Crippen LogP contribution in [0.15, 0.2) is 24.9 Å². The van der Waals surface area contributed by atoms with Crippen molar-refractivity contribution in [2.75, 3.05) is 11.9 Å². The van der Waals surface area contributed by atoms with Gasteiger partial charge in [0, 0.05) is 18.3 Å². The van der Waals surface area contributed by atoms with E-state index < -0.39 is 0 Å². The van der Waals surface area contributed by atoms with Crippen molar-refractivity contribution in [1.29, 1.82) is 0 Å². The van der Waals surface area contributed by atoms with Crippen LogP contribution in [0.25, 0.3) is 16.9 Å². The highest BCUT2D eigenvalue weighted by Gasteiger charge is 2.11. The van der Waals surface area contributed by atoms with Gasteiger partial charge in [0.2, 0.25) is 0 Å². The Labute approximate surface area is 116 Å². The zero-order valence-electron chi connectivity index (χ0n) is 11.4. The summed E-state index contributed by atoms with van der Waals surface area (Å²) in [5.74, 6) is 1.50. The molecule has 0 aliphatic rings. The Bertz CT molecular complexity index is 734. The van der Waals surface area contributed by atoms with Crippen LogP contribution in [-0.4, -0.2) is 36.3 Å². The summed E-state index contributed by atoms with van der Waals surface area (Å²) >= 11 is 0. The van der Waals surface area contributed by atoms with Gasteiger partial charge in [-0.3, -0.25) is 0 Å². The molecule has 3 aromatic heterocycles. The summed E-state index contributed by atoms with van der Waals surface area (Å²) in [6.07, 6.45) is 5.84. The van der Waals surface area contributed by atoms with E-state index in [0.717, 1.165) is 35.5 Å². The maximum Gasteiger partial charge on any atom is 0.170 e. The Balaban J connectivity index is 2.10. The van der Waals surface area contributed by atoms with E-state index in [1.54, 1.807) is 10.9 Å². The second kappa shape index (κ2) is 5.20. The van der Waals surface area contributed by atoms with Gasteiger partial charge in [-0.05, 0) is 13.3 Å². The Morgan fingerprint density at radius 3 is 2.80 bits per heavy atom. The molecule has 0 saturated carbocycles. The van der Waals surface area contributed by atoms with E-state index in [1.165, 1.54) is 12.7 Å². The Hall–Kier alpha value is -2.57. The van der Waals surface area contributed by atoms with Crippen LogP contribution >= 0.6 is 0 Å². The molecule has 7 nitrogen and oxygen atoms in total. The van der Waals surface area contributed by atoms with E-state index in [-0.39, 0.29) is 0 Å². The van der Waals surface area contributed by atoms with Crippen LogP contribution in [0.5, 0.6) is 0 Å². The molecule has 0 radical (unpaired) electrons. The molecule has 3 aromatic rings. The zero-order valence-corrected chi connectivity index (χ0v) is 11.4. The standard InChI is InChI=1S/C13H15N7/c1-3-4-14-12-10-6-19-20(13(10)18-8-17-12)11-5-9(2)15-7-16-11/h5-8H,3-4H2,1-2H3,(H,14,17,18). The Morgan fingerprint density at radius 2 is 2.00 bits per heavy atom. The van der Waals surface area contributed by atoms with Crippen molar-refractivity contribution in [3.05, 3.63) is 30.6 Å². The van der Waals surface area contributed by atoms with Crippen LogP contribution in [-0.2, 0) is 0 Å². The SMILES string of the molecule is CCCNc1ncnc2c1cnn2-c1cc(C)ncn1. The number of aryl methyl sites for hydroxylation is 1. The first-order chi connectivity index (χ1) is 9.79. The predicted octanol–water partition coefficient (Wildman–Crippen LogP) is 1.74. The van der Waals surface area contributed by atoms with Crippen molar-refractivity contribution >= 4 is 16.9 Å². The molecule has 3 rings (SSSR count). The van der Waals surface area contributed by atoms with Gasteiger partial charge in [-0.1, -0.05) is 6.92 Å². The summed E-state index contributed by atoms with van der Waals surface area (Å²) in [6, 6.07) is 1.87. The maximum absolute atomic E-state index is 4.36. The van der Waals surface area contributed by atoms with Crippen LogP contribution in [0.4, 0.5) is 5.82 Å². The molecule has 0 aromatic carbocycles. The highest BCUT2D eigenvalue weighted by atomic mass is 15.3. The first-order valence-electron chi connectivity index (χ1n) is 6.51. The average molecular weight is 269 g/mol. The fourth-order valence-corrected chi connectivity index (χ4v) is 1.95. The van der Waals surface area contributed by atoms with Gasteiger partial charge in [-0.2, -0.15) is 9.78 Å². The zero-order chi connectivity index (χ0) is 13.9. The number of nitrogens with one attached hydrogen (secondary N) is 1. The van der Waals surface area contributed by atoms with Gasteiger partial charge in [-0.15, -0.1) is 0 Å². The Morgan fingerprint density at radius 1 is 1.15 bits per heavy atom. The minimum absolute atomic E-state index is 0.702. The smallest absolute Gasteiger partial charge is 0.170 e. The van der Waals surface area contributed by atoms with Crippen molar-refractivity contribution < 1.29 is 0 Å². The lowest BCUT2D eigenvalue weighted by Gasteiger charge is -2.05. The van der Waals surface area contributed by atoms with Crippen LogP contribution in [0.2, 0.25) is 0 Å². The van der Waals surface area contributed by atoms with Crippen molar-refractivity contribution in [3.63, 3.8) is 0 Å². The molecule has 0 unspecified atom stereocenters. The third-order valence-corrected chi connectivity index (χ3v) is 2.91. The average Bonchev–Trinajstić information content (AvgIpc) is 2.89. The molecule has 3 heterocycles. The lowest BCUT2D eigenvalue weighted by Crippen LogP contribution is -2.04. The lowest BCUT2D eigenvalue weighted by atomic mass is 10.3. The van der Waals surface area contributed by atoms with Gasteiger partial charge in [0.25, 0.3) is 0 Å². The summed E-state index contributed by atoms with van der Waals surface area (Å²) in [7, 11) is 0. The summed E-state index contributed by atoms with van der Waals surface area (Å²) in [6.45, 7) is 4.89. The van der Waals surface area contributed by atoms with E-state index in [0.29, 0.717) is 5.82 Å². The summed E-state index contributed by atoms with van der Waals surface area (Å²) in [5, 5.41) is 8.52. The number of nitrogens with zero attached hydrogens (tertiary/aromatic N) is 6. The van der Waals surface area contributed by atoms with Crippen molar-refractivity contribution in [2.24, 2.45) is 0 Å². The number of rotatable bonds is 4. The first-order valence-corrected chi connectivity index (χ1v) is 6.51.